The number of nitrogens with one attached hydrogen (secondary N) is 1. The first-order valence-electron chi connectivity index (χ1n) is 8.71. The summed E-state index contributed by atoms with van der Waals surface area (Å²) in [6, 6.07) is 0. The van der Waals surface area contributed by atoms with Gasteiger partial charge in [0.1, 0.15) is 0 Å². The molecule has 4 rings (SSSR count). The zero-order valence-corrected chi connectivity index (χ0v) is 13.5. The number of hydrogen-bond acceptors (Lipinski definition) is 3. The lowest BCUT2D eigenvalue weighted by Gasteiger charge is -2.57. The molecule has 0 amide bonds. The third-order valence-corrected chi connectivity index (χ3v) is 7.46. The summed E-state index contributed by atoms with van der Waals surface area (Å²) in [5, 5.41) is 29.1. The molecule has 0 radical (unpaired) electrons. The van der Waals surface area contributed by atoms with Crippen molar-refractivity contribution in [2.75, 3.05) is 0 Å². The highest BCUT2D eigenvalue weighted by Gasteiger charge is 2.59. The van der Waals surface area contributed by atoms with Gasteiger partial charge in [-0.2, -0.15) is 0 Å². The van der Waals surface area contributed by atoms with Gasteiger partial charge >= 0.3 is 0 Å². The minimum Gasteiger partial charge on any atom is -0.392 e. The van der Waals surface area contributed by atoms with Crippen LogP contribution in [0.25, 0.3) is 0 Å². The molecule has 0 bridgehead atoms. The van der Waals surface area contributed by atoms with Gasteiger partial charge in [-0.25, -0.2) is 0 Å². The normalized spacial score (nSPS) is 53.5. The van der Waals surface area contributed by atoms with Crippen molar-refractivity contribution >= 4 is 5.71 Å². The molecule has 4 aliphatic rings. The standard InChI is InChI=1S/C19H27NO2/c1-18-7-5-12(21)9-11(18)10-15(22)17-13-3-4-16(20)19(13,2)8-6-14(17)18/h5,7,9,12-15,17,20-22H,3-4,6,8,10H2,1-2H3/t12?,13-,14+,15?,17-,18-,19-/m0/s1. The van der Waals surface area contributed by atoms with Crippen LogP contribution in [0.1, 0.15) is 46.0 Å². The summed E-state index contributed by atoms with van der Waals surface area (Å²) in [4.78, 5) is 0. The van der Waals surface area contributed by atoms with E-state index in [1.54, 1.807) is 0 Å². The molecule has 3 N–H and O–H groups in total. The van der Waals surface area contributed by atoms with Gasteiger partial charge < -0.3 is 15.6 Å². The van der Waals surface area contributed by atoms with Crippen molar-refractivity contribution in [3.05, 3.63) is 23.8 Å². The van der Waals surface area contributed by atoms with Crippen LogP contribution in [-0.2, 0) is 0 Å². The van der Waals surface area contributed by atoms with Crippen LogP contribution in [0.4, 0.5) is 0 Å². The largest absolute Gasteiger partial charge is 0.392 e. The molecule has 3 nitrogen and oxygen atoms in total. The fourth-order valence-electron chi connectivity index (χ4n) is 6.10. The molecule has 22 heavy (non-hydrogen) atoms. The molecule has 0 aliphatic heterocycles. The third-order valence-electron chi connectivity index (χ3n) is 7.46. The smallest absolute Gasteiger partial charge is 0.0905 e. The summed E-state index contributed by atoms with van der Waals surface area (Å²) < 4.78 is 0. The molecule has 2 unspecified atom stereocenters. The highest BCUT2D eigenvalue weighted by Crippen LogP contribution is 2.63. The van der Waals surface area contributed by atoms with Crippen LogP contribution in [0.2, 0.25) is 0 Å². The lowest BCUT2D eigenvalue weighted by Crippen LogP contribution is -2.54. The molecule has 0 aromatic rings. The van der Waals surface area contributed by atoms with E-state index in [0.29, 0.717) is 24.2 Å². The van der Waals surface area contributed by atoms with Gasteiger partial charge in [0, 0.05) is 16.5 Å². The first-order valence-corrected chi connectivity index (χ1v) is 8.71. The fraction of sp³-hybridized carbons (Fsp3) is 0.737. The van der Waals surface area contributed by atoms with Gasteiger partial charge in [-0.05, 0) is 49.9 Å². The molecule has 7 atom stereocenters. The zero-order chi connectivity index (χ0) is 15.7. The highest BCUT2D eigenvalue weighted by atomic mass is 16.3. The second kappa shape index (κ2) is 4.55. The second-order valence-corrected chi connectivity index (χ2v) is 8.36. The van der Waals surface area contributed by atoms with E-state index in [4.69, 9.17) is 5.41 Å². The third kappa shape index (κ3) is 1.73. The summed E-state index contributed by atoms with van der Waals surface area (Å²) in [7, 11) is 0. The van der Waals surface area contributed by atoms with Crippen molar-refractivity contribution in [1.29, 1.82) is 5.41 Å². The van der Waals surface area contributed by atoms with Crippen LogP contribution in [0.15, 0.2) is 23.8 Å². The van der Waals surface area contributed by atoms with E-state index < -0.39 is 6.10 Å². The Balaban J connectivity index is 1.75. The van der Waals surface area contributed by atoms with Crippen LogP contribution in [0.3, 0.4) is 0 Å². The highest BCUT2D eigenvalue weighted by molar-refractivity contribution is 5.89. The first kappa shape index (κ1) is 14.6. The van der Waals surface area contributed by atoms with Crippen LogP contribution < -0.4 is 0 Å². The van der Waals surface area contributed by atoms with Gasteiger partial charge in [-0.3, -0.25) is 0 Å². The van der Waals surface area contributed by atoms with E-state index >= 15 is 0 Å². The van der Waals surface area contributed by atoms with Crippen LogP contribution in [0, 0.1) is 34.0 Å². The maximum Gasteiger partial charge on any atom is 0.0905 e. The van der Waals surface area contributed by atoms with Gasteiger partial charge in [-0.15, -0.1) is 0 Å². The van der Waals surface area contributed by atoms with Crippen molar-refractivity contribution in [2.45, 2.75) is 58.2 Å². The van der Waals surface area contributed by atoms with Crippen molar-refractivity contribution in [1.82, 2.24) is 0 Å². The average molecular weight is 301 g/mol. The topological polar surface area (TPSA) is 64.3 Å². The van der Waals surface area contributed by atoms with Crippen molar-refractivity contribution in [2.24, 2.45) is 28.6 Å². The van der Waals surface area contributed by atoms with Gasteiger partial charge in [0.15, 0.2) is 0 Å². The molecule has 4 aliphatic carbocycles. The minimum atomic E-state index is -0.500. The Labute approximate surface area is 132 Å². The quantitative estimate of drug-likeness (QED) is 0.602. The number of hydrogen-bond donors (Lipinski definition) is 3. The monoisotopic (exact) mass is 301 g/mol. The van der Waals surface area contributed by atoms with E-state index in [1.807, 2.05) is 12.2 Å². The van der Waals surface area contributed by atoms with Gasteiger partial charge in [-0.1, -0.05) is 37.6 Å². The summed E-state index contributed by atoms with van der Waals surface area (Å²) >= 11 is 0. The molecular formula is C19H27NO2. The van der Waals surface area contributed by atoms with E-state index in [2.05, 4.69) is 19.9 Å². The average Bonchev–Trinajstić information content (AvgIpc) is 2.77. The Bertz CT molecular complexity index is 580. The molecule has 0 aromatic carbocycles. The molecule has 0 spiro atoms. The lowest BCUT2D eigenvalue weighted by molar-refractivity contribution is -0.0738. The van der Waals surface area contributed by atoms with E-state index in [0.717, 1.165) is 31.4 Å². The second-order valence-electron chi connectivity index (χ2n) is 8.36. The number of allylic oxidation sites excluding steroid dienone is 1. The Kier molecular flexibility index (Phi) is 3.03. The molecular weight excluding hydrogens is 274 g/mol. The molecule has 3 heteroatoms. The predicted octanol–water partition coefficient (Wildman–Crippen LogP) is 3.08. The number of rotatable bonds is 0. The molecule has 3 saturated carbocycles. The number of aliphatic hydroxyl groups excluding tert-OH is 2. The Morgan fingerprint density at radius 2 is 1.95 bits per heavy atom. The Morgan fingerprint density at radius 1 is 1.18 bits per heavy atom. The SMILES string of the molecule is C[C@]12C=CC(O)C=C1CC(O)[C@@H]1[C@H]2CC[C@]2(C)C(=N)CC[C@@H]12. The number of aliphatic hydroxyl groups is 2. The Morgan fingerprint density at radius 3 is 2.73 bits per heavy atom. The van der Waals surface area contributed by atoms with Gasteiger partial charge in [0.05, 0.1) is 12.2 Å². The van der Waals surface area contributed by atoms with Crippen LogP contribution in [0.5, 0.6) is 0 Å². The Hall–Kier alpha value is -0.930. The molecule has 3 fully saturated rings. The van der Waals surface area contributed by atoms with Crippen molar-refractivity contribution < 1.29 is 10.2 Å². The number of fused-ring (bicyclic) bond motifs is 5. The molecule has 120 valence electrons. The van der Waals surface area contributed by atoms with E-state index in [9.17, 15) is 10.2 Å². The van der Waals surface area contributed by atoms with Crippen molar-refractivity contribution in [3.8, 4) is 0 Å². The maximum absolute atomic E-state index is 10.9. The molecule has 0 saturated heterocycles. The predicted molar refractivity (Wildman–Crippen MR) is 86.7 cm³/mol. The van der Waals surface area contributed by atoms with Crippen LogP contribution in [-0.4, -0.2) is 28.1 Å². The van der Waals surface area contributed by atoms with Gasteiger partial charge in [0.25, 0.3) is 0 Å². The van der Waals surface area contributed by atoms with E-state index in [1.165, 1.54) is 5.57 Å². The molecule has 0 heterocycles. The van der Waals surface area contributed by atoms with E-state index in [-0.39, 0.29) is 16.9 Å². The first-order chi connectivity index (χ1) is 10.4. The fourth-order valence-corrected chi connectivity index (χ4v) is 6.10. The summed E-state index contributed by atoms with van der Waals surface area (Å²) in [5.74, 6) is 1.19. The lowest BCUT2D eigenvalue weighted by atomic mass is 9.47. The van der Waals surface area contributed by atoms with Gasteiger partial charge in [0.2, 0.25) is 0 Å². The summed E-state index contributed by atoms with van der Waals surface area (Å²) in [5.41, 5.74) is 2.12. The summed E-state index contributed by atoms with van der Waals surface area (Å²) in [6.07, 6.45) is 10.0. The van der Waals surface area contributed by atoms with Crippen LogP contribution >= 0.6 is 0 Å². The maximum atomic E-state index is 10.9. The zero-order valence-electron chi connectivity index (χ0n) is 13.5. The molecule has 0 aromatic heterocycles. The minimum absolute atomic E-state index is 0.0115. The van der Waals surface area contributed by atoms with Crippen molar-refractivity contribution in [3.63, 3.8) is 0 Å². The summed E-state index contributed by atoms with van der Waals surface area (Å²) in [6.45, 7) is 4.54.